The highest BCUT2D eigenvalue weighted by molar-refractivity contribution is 6.23. The Labute approximate surface area is 170 Å². The van der Waals surface area contributed by atoms with Crippen LogP contribution in [0.1, 0.15) is 49.3 Å². The molecule has 1 amide bonds. The molecule has 2 heterocycles. The van der Waals surface area contributed by atoms with Crippen LogP contribution in [0.3, 0.4) is 0 Å². The van der Waals surface area contributed by atoms with E-state index < -0.39 is 17.3 Å². The molecule has 1 saturated heterocycles. The lowest BCUT2D eigenvalue weighted by molar-refractivity contribution is -0.233. The molecule has 156 valence electrons. The second-order valence-corrected chi connectivity index (χ2v) is 7.99. The van der Waals surface area contributed by atoms with Gasteiger partial charge in [-0.05, 0) is 43.4 Å². The van der Waals surface area contributed by atoms with Crippen molar-refractivity contribution in [3.8, 4) is 0 Å². The first-order valence-corrected chi connectivity index (χ1v) is 10.00. The summed E-state index contributed by atoms with van der Waals surface area (Å²) in [5, 5.41) is 1.38. The van der Waals surface area contributed by atoms with Gasteiger partial charge in [0.2, 0.25) is 0 Å². The van der Waals surface area contributed by atoms with Crippen molar-refractivity contribution >= 4 is 17.4 Å². The molecule has 29 heavy (non-hydrogen) atoms. The summed E-state index contributed by atoms with van der Waals surface area (Å²) in [6.45, 7) is 6.40. The summed E-state index contributed by atoms with van der Waals surface area (Å²) >= 11 is 0. The first kappa shape index (κ1) is 20.1. The number of carbonyl (C=O) groups is 2. The van der Waals surface area contributed by atoms with Crippen LogP contribution in [0.2, 0.25) is 0 Å². The van der Waals surface area contributed by atoms with E-state index in [-0.39, 0.29) is 5.91 Å². The fourth-order valence-electron chi connectivity index (χ4n) is 4.95. The Kier molecular flexibility index (Phi) is 5.01. The Balaban J connectivity index is 1.86. The number of esters is 1. The van der Waals surface area contributed by atoms with E-state index in [9.17, 15) is 9.59 Å². The van der Waals surface area contributed by atoms with Gasteiger partial charge in [-0.15, -0.1) is 0 Å². The van der Waals surface area contributed by atoms with Gasteiger partial charge in [0.1, 0.15) is 11.3 Å². The van der Waals surface area contributed by atoms with Gasteiger partial charge in [-0.3, -0.25) is 14.4 Å². The molecular formula is C22H27NO6. The van der Waals surface area contributed by atoms with Crippen LogP contribution in [0.5, 0.6) is 0 Å². The predicted molar refractivity (Wildman–Crippen MR) is 104 cm³/mol. The molecule has 0 radical (unpaired) electrons. The summed E-state index contributed by atoms with van der Waals surface area (Å²) in [5.41, 5.74) is 2.23. The van der Waals surface area contributed by atoms with Crippen molar-refractivity contribution in [1.82, 2.24) is 5.06 Å². The first-order chi connectivity index (χ1) is 13.8. The maximum atomic E-state index is 13.5. The van der Waals surface area contributed by atoms with Crippen molar-refractivity contribution < 1.29 is 28.6 Å². The molecule has 0 atom stereocenters. The Morgan fingerprint density at radius 1 is 1.07 bits per heavy atom. The molecule has 1 aromatic rings. The number of nitrogens with zero attached hydrogens (tertiary/aromatic N) is 1. The molecule has 2 spiro atoms. The zero-order valence-corrected chi connectivity index (χ0v) is 17.4. The van der Waals surface area contributed by atoms with Crippen molar-refractivity contribution in [2.75, 3.05) is 20.3 Å². The minimum Gasteiger partial charge on any atom is -0.428 e. The lowest BCUT2D eigenvalue weighted by Crippen LogP contribution is -2.54. The second kappa shape index (κ2) is 7.23. The number of ether oxygens (including phenoxy) is 3. The number of benzene rings is 1. The highest BCUT2D eigenvalue weighted by atomic mass is 16.7. The third-order valence-corrected chi connectivity index (χ3v) is 6.25. The Morgan fingerprint density at radius 2 is 1.66 bits per heavy atom. The van der Waals surface area contributed by atoms with Crippen LogP contribution in [0.4, 0.5) is 0 Å². The van der Waals surface area contributed by atoms with Crippen molar-refractivity contribution in [2.24, 2.45) is 0 Å². The maximum absolute atomic E-state index is 13.5. The molecule has 2 aliphatic heterocycles. The molecule has 0 unspecified atom stereocenters. The van der Waals surface area contributed by atoms with Gasteiger partial charge in [0.15, 0.2) is 5.79 Å². The summed E-state index contributed by atoms with van der Waals surface area (Å²) in [7, 11) is 1.48. The largest absolute Gasteiger partial charge is 0.428 e. The number of hydrogen-bond donors (Lipinski definition) is 0. The van der Waals surface area contributed by atoms with Crippen LogP contribution in [-0.2, 0) is 28.6 Å². The van der Waals surface area contributed by atoms with E-state index in [1.165, 1.54) is 19.1 Å². The summed E-state index contributed by atoms with van der Waals surface area (Å²) in [5.74, 6) is -0.980. The van der Waals surface area contributed by atoms with E-state index in [2.05, 4.69) is 0 Å². The molecular weight excluding hydrogens is 374 g/mol. The summed E-state index contributed by atoms with van der Waals surface area (Å²) < 4.78 is 17.5. The lowest BCUT2D eigenvalue weighted by atomic mass is 9.77. The molecule has 0 N–H and O–H groups in total. The van der Waals surface area contributed by atoms with Crippen LogP contribution < -0.4 is 0 Å². The third-order valence-electron chi connectivity index (χ3n) is 6.25. The SMILES string of the molecule is CON1C(=O)C(c2c(C)cccc2C)=C(OC(C)=O)C12CCC1(CC2)OCCO1. The summed E-state index contributed by atoms with van der Waals surface area (Å²) in [6, 6.07) is 5.85. The van der Waals surface area contributed by atoms with Gasteiger partial charge in [0.25, 0.3) is 5.91 Å². The monoisotopic (exact) mass is 401 g/mol. The van der Waals surface area contributed by atoms with Crippen LogP contribution in [0, 0.1) is 13.8 Å². The van der Waals surface area contributed by atoms with Gasteiger partial charge in [0, 0.05) is 19.8 Å². The molecule has 0 bridgehead atoms. The average Bonchev–Trinajstić information content (AvgIpc) is 3.21. The van der Waals surface area contributed by atoms with E-state index in [1.54, 1.807) is 0 Å². The van der Waals surface area contributed by atoms with Gasteiger partial charge in [0.05, 0.1) is 25.9 Å². The second-order valence-electron chi connectivity index (χ2n) is 7.99. The Hall–Kier alpha value is -2.22. The smallest absolute Gasteiger partial charge is 0.307 e. The first-order valence-electron chi connectivity index (χ1n) is 10.00. The summed E-state index contributed by atoms with van der Waals surface area (Å²) in [4.78, 5) is 31.1. The molecule has 7 heteroatoms. The molecule has 1 aliphatic carbocycles. The molecule has 1 aromatic carbocycles. The van der Waals surface area contributed by atoms with Crippen LogP contribution in [0.15, 0.2) is 24.0 Å². The van der Waals surface area contributed by atoms with Crippen molar-refractivity contribution in [1.29, 1.82) is 0 Å². The fraction of sp³-hybridized carbons (Fsp3) is 0.545. The van der Waals surface area contributed by atoms with Gasteiger partial charge in [-0.25, -0.2) is 5.06 Å². The average molecular weight is 401 g/mol. The van der Waals surface area contributed by atoms with Gasteiger partial charge < -0.3 is 14.2 Å². The van der Waals surface area contributed by atoms with Gasteiger partial charge >= 0.3 is 5.97 Å². The molecule has 3 aliphatic rings. The quantitative estimate of drug-likeness (QED) is 0.725. The van der Waals surface area contributed by atoms with E-state index in [4.69, 9.17) is 19.0 Å². The fourth-order valence-corrected chi connectivity index (χ4v) is 4.95. The number of rotatable bonds is 3. The van der Waals surface area contributed by atoms with Crippen molar-refractivity contribution in [2.45, 2.75) is 57.8 Å². The minimum atomic E-state index is -0.859. The minimum absolute atomic E-state index is 0.287. The predicted octanol–water partition coefficient (Wildman–Crippen LogP) is 3.04. The topological polar surface area (TPSA) is 74.3 Å². The normalized spacial score (nSPS) is 22.8. The van der Waals surface area contributed by atoms with E-state index >= 15 is 0 Å². The molecule has 0 aromatic heterocycles. The van der Waals surface area contributed by atoms with Crippen molar-refractivity contribution in [3.05, 3.63) is 40.6 Å². The molecule has 2 fully saturated rings. The van der Waals surface area contributed by atoms with Crippen LogP contribution in [0.25, 0.3) is 5.57 Å². The van der Waals surface area contributed by atoms with Gasteiger partial charge in [-0.1, -0.05) is 18.2 Å². The van der Waals surface area contributed by atoms with E-state index in [0.717, 1.165) is 16.7 Å². The standard InChI is InChI=1S/C22H27NO6/c1-14-6-5-7-15(2)17(14)18-19(29-16(3)24)21(23(26-4)20(18)25)8-10-22(11-9-21)27-12-13-28-22/h5-7H,8-13H2,1-4H3. The van der Waals surface area contributed by atoms with Gasteiger partial charge in [-0.2, -0.15) is 0 Å². The number of carbonyl (C=O) groups excluding carboxylic acids is 2. The van der Waals surface area contributed by atoms with Crippen LogP contribution in [-0.4, -0.2) is 48.6 Å². The maximum Gasteiger partial charge on any atom is 0.307 e. The zero-order chi connectivity index (χ0) is 20.8. The Bertz CT molecular complexity index is 853. The number of amides is 1. The van der Waals surface area contributed by atoms with Crippen molar-refractivity contribution in [3.63, 3.8) is 0 Å². The lowest BCUT2D eigenvalue weighted by Gasteiger charge is -2.45. The van der Waals surface area contributed by atoms with E-state index in [1.807, 2.05) is 32.0 Å². The van der Waals surface area contributed by atoms with Crippen LogP contribution >= 0.6 is 0 Å². The third kappa shape index (κ3) is 3.08. The number of aryl methyl sites for hydroxylation is 2. The van der Waals surface area contributed by atoms with E-state index in [0.29, 0.717) is 50.2 Å². The number of hydrogen-bond acceptors (Lipinski definition) is 6. The molecule has 1 saturated carbocycles. The number of hydroxylamine groups is 2. The molecule has 4 rings (SSSR count). The molecule has 7 nitrogen and oxygen atoms in total. The highest BCUT2D eigenvalue weighted by Gasteiger charge is 2.59. The summed E-state index contributed by atoms with van der Waals surface area (Å²) in [6.07, 6.45) is 2.21. The highest BCUT2D eigenvalue weighted by Crippen LogP contribution is 2.52. The Morgan fingerprint density at radius 3 is 2.17 bits per heavy atom. The zero-order valence-electron chi connectivity index (χ0n) is 17.4.